The molecule has 2 amide bonds. The minimum absolute atomic E-state index is 0.0326. The second kappa shape index (κ2) is 8.38. The van der Waals surface area contributed by atoms with Gasteiger partial charge in [-0.1, -0.05) is 23.2 Å². The molecule has 0 saturated carbocycles. The van der Waals surface area contributed by atoms with E-state index in [2.05, 4.69) is 10.2 Å². The minimum Gasteiger partial charge on any atom is -0.482 e. The summed E-state index contributed by atoms with van der Waals surface area (Å²) in [6, 6.07) is 4.76. The fourth-order valence-corrected chi connectivity index (χ4v) is 2.46. The third-order valence-electron chi connectivity index (χ3n) is 3.54. The Morgan fingerprint density at radius 3 is 2.61 bits per heavy atom. The van der Waals surface area contributed by atoms with E-state index in [1.807, 2.05) is 7.05 Å². The fourth-order valence-electron chi connectivity index (χ4n) is 2.12. The number of carbonyl (C=O) groups is 2. The van der Waals surface area contributed by atoms with Gasteiger partial charge in [-0.15, -0.1) is 0 Å². The summed E-state index contributed by atoms with van der Waals surface area (Å²) in [7, 11) is 2.02. The Bertz CT molecular complexity index is 575. The largest absolute Gasteiger partial charge is 0.482 e. The van der Waals surface area contributed by atoms with Crippen LogP contribution in [-0.2, 0) is 9.59 Å². The lowest BCUT2D eigenvalue weighted by Crippen LogP contribution is -2.50. The SMILES string of the molecule is CN1CCN(C(=O)CNC(=O)COc2cc(Cl)ccc2Cl)CC1. The number of nitrogens with zero attached hydrogens (tertiary/aromatic N) is 2. The van der Waals surface area contributed by atoms with Crippen LogP contribution in [-0.4, -0.2) is 68.0 Å². The van der Waals surface area contributed by atoms with Gasteiger partial charge >= 0.3 is 0 Å². The molecule has 1 N–H and O–H groups in total. The molecule has 0 spiro atoms. The van der Waals surface area contributed by atoms with E-state index in [4.69, 9.17) is 27.9 Å². The molecule has 0 unspecified atom stereocenters. The van der Waals surface area contributed by atoms with Crippen molar-refractivity contribution in [3.63, 3.8) is 0 Å². The Kier molecular flexibility index (Phi) is 6.50. The van der Waals surface area contributed by atoms with Crippen molar-refractivity contribution in [2.45, 2.75) is 0 Å². The van der Waals surface area contributed by atoms with Crippen molar-refractivity contribution in [2.24, 2.45) is 0 Å². The first kappa shape index (κ1) is 17.8. The molecule has 6 nitrogen and oxygen atoms in total. The summed E-state index contributed by atoms with van der Waals surface area (Å²) in [5, 5.41) is 3.39. The van der Waals surface area contributed by atoms with Gasteiger partial charge < -0.3 is 19.9 Å². The van der Waals surface area contributed by atoms with Crippen LogP contribution in [0.1, 0.15) is 0 Å². The molecule has 1 heterocycles. The van der Waals surface area contributed by atoms with Crippen LogP contribution >= 0.6 is 23.2 Å². The van der Waals surface area contributed by atoms with E-state index in [1.165, 1.54) is 6.07 Å². The van der Waals surface area contributed by atoms with Gasteiger partial charge in [-0.3, -0.25) is 9.59 Å². The fraction of sp³-hybridized carbons (Fsp3) is 0.467. The van der Waals surface area contributed by atoms with E-state index in [0.717, 1.165) is 13.1 Å². The highest BCUT2D eigenvalue weighted by Crippen LogP contribution is 2.27. The third kappa shape index (κ3) is 5.57. The van der Waals surface area contributed by atoms with Crippen LogP contribution in [0.15, 0.2) is 18.2 Å². The molecule has 23 heavy (non-hydrogen) atoms. The molecular formula is C15H19Cl2N3O3. The number of hydrogen-bond donors (Lipinski definition) is 1. The number of halogens is 2. The van der Waals surface area contributed by atoms with Gasteiger partial charge in [0.1, 0.15) is 5.75 Å². The van der Waals surface area contributed by atoms with Crippen LogP contribution in [0.25, 0.3) is 0 Å². The summed E-state index contributed by atoms with van der Waals surface area (Å²) in [5.41, 5.74) is 0. The maximum atomic E-state index is 12.0. The zero-order valence-corrected chi connectivity index (χ0v) is 14.4. The van der Waals surface area contributed by atoms with Crippen LogP contribution in [0.4, 0.5) is 0 Å². The second-order valence-electron chi connectivity index (χ2n) is 5.32. The maximum absolute atomic E-state index is 12.0. The normalized spacial score (nSPS) is 15.3. The Morgan fingerprint density at radius 1 is 1.22 bits per heavy atom. The first-order chi connectivity index (χ1) is 11.0. The van der Waals surface area contributed by atoms with Gasteiger partial charge in [-0.05, 0) is 19.2 Å². The van der Waals surface area contributed by atoms with Crippen molar-refractivity contribution in [1.82, 2.24) is 15.1 Å². The molecule has 1 aromatic rings. The highest BCUT2D eigenvalue weighted by Gasteiger charge is 2.19. The average Bonchev–Trinajstić information content (AvgIpc) is 2.54. The number of hydrogen-bond acceptors (Lipinski definition) is 4. The molecule has 1 aliphatic heterocycles. The molecule has 126 valence electrons. The smallest absolute Gasteiger partial charge is 0.258 e. The molecule has 1 aliphatic rings. The standard InChI is InChI=1S/C15H19Cl2N3O3/c1-19-4-6-20(7-5-19)15(22)9-18-14(21)10-23-13-8-11(16)2-3-12(13)17/h2-3,8H,4-7,9-10H2,1H3,(H,18,21). The topological polar surface area (TPSA) is 61.9 Å². The molecule has 1 aromatic carbocycles. The van der Waals surface area contributed by atoms with E-state index in [1.54, 1.807) is 17.0 Å². The van der Waals surface area contributed by atoms with Gasteiger partial charge in [0, 0.05) is 37.3 Å². The minimum atomic E-state index is -0.386. The summed E-state index contributed by atoms with van der Waals surface area (Å²) >= 11 is 11.8. The molecule has 2 rings (SSSR count). The molecular weight excluding hydrogens is 341 g/mol. The monoisotopic (exact) mass is 359 g/mol. The van der Waals surface area contributed by atoms with Crippen LogP contribution in [0.2, 0.25) is 10.0 Å². The molecule has 0 atom stereocenters. The highest BCUT2D eigenvalue weighted by molar-refractivity contribution is 6.34. The van der Waals surface area contributed by atoms with E-state index in [9.17, 15) is 9.59 Å². The van der Waals surface area contributed by atoms with Crippen molar-refractivity contribution < 1.29 is 14.3 Å². The number of ether oxygens (including phenoxy) is 1. The lowest BCUT2D eigenvalue weighted by atomic mass is 10.3. The first-order valence-electron chi connectivity index (χ1n) is 7.26. The van der Waals surface area contributed by atoms with E-state index in [-0.39, 0.29) is 25.0 Å². The molecule has 8 heteroatoms. The van der Waals surface area contributed by atoms with Crippen molar-refractivity contribution in [3.8, 4) is 5.75 Å². The predicted molar refractivity (Wildman–Crippen MR) is 89.0 cm³/mol. The van der Waals surface area contributed by atoms with Gasteiger partial charge in [0.2, 0.25) is 5.91 Å². The number of benzene rings is 1. The molecule has 0 aliphatic carbocycles. The Labute approximate surface area is 145 Å². The molecule has 0 bridgehead atoms. The second-order valence-corrected chi connectivity index (χ2v) is 6.17. The van der Waals surface area contributed by atoms with Crippen molar-refractivity contribution in [3.05, 3.63) is 28.2 Å². The Balaban J connectivity index is 1.72. The summed E-state index contributed by atoms with van der Waals surface area (Å²) in [4.78, 5) is 27.7. The number of rotatable bonds is 5. The summed E-state index contributed by atoms with van der Waals surface area (Å²) in [6.07, 6.45) is 0. The van der Waals surface area contributed by atoms with Crippen molar-refractivity contribution >= 4 is 35.0 Å². The summed E-state index contributed by atoms with van der Waals surface area (Å²) < 4.78 is 5.31. The lowest BCUT2D eigenvalue weighted by molar-refractivity contribution is -0.134. The quantitative estimate of drug-likeness (QED) is 0.859. The zero-order chi connectivity index (χ0) is 16.8. The summed E-state index contributed by atoms with van der Waals surface area (Å²) in [6.45, 7) is 2.79. The van der Waals surface area contributed by atoms with Gasteiger partial charge in [-0.2, -0.15) is 0 Å². The molecule has 1 fully saturated rings. The van der Waals surface area contributed by atoms with Crippen molar-refractivity contribution in [2.75, 3.05) is 46.4 Å². The van der Waals surface area contributed by atoms with Crippen LogP contribution in [0, 0.1) is 0 Å². The molecule has 1 saturated heterocycles. The lowest BCUT2D eigenvalue weighted by Gasteiger charge is -2.32. The zero-order valence-electron chi connectivity index (χ0n) is 12.8. The maximum Gasteiger partial charge on any atom is 0.258 e. The van der Waals surface area contributed by atoms with Gasteiger partial charge in [-0.25, -0.2) is 0 Å². The third-order valence-corrected chi connectivity index (χ3v) is 4.09. The number of piperazine rings is 1. The number of nitrogens with one attached hydrogen (secondary N) is 1. The Morgan fingerprint density at radius 2 is 1.91 bits per heavy atom. The number of carbonyl (C=O) groups excluding carboxylic acids is 2. The average molecular weight is 360 g/mol. The van der Waals surface area contributed by atoms with E-state index >= 15 is 0 Å². The Hall–Kier alpha value is -1.50. The highest BCUT2D eigenvalue weighted by atomic mass is 35.5. The van der Waals surface area contributed by atoms with Crippen LogP contribution in [0.5, 0.6) is 5.75 Å². The van der Waals surface area contributed by atoms with Crippen LogP contribution in [0.3, 0.4) is 0 Å². The van der Waals surface area contributed by atoms with Gasteiger partial charge in [0.05, 0.1) is 11.6 Å². The van der Waals surface area contributed by atoms with Gasteiger partial charge in [0.25, 0.3) is 5.91 Å². The van der Waals surface area contributed by atoms with E-state index in [0.29, 0.717) is 28.9 Å². The number of amides is 2. The van der Waals surface area contributed by atoms with Crippen molar-refractivity contribution in [1.29, 1.82) is 0 Å². The molecule has 0 radical (unpaired) electrons. The van der Waals surface area contributed by atoms with E-state index < -0.39 is 0 Å². The summed E-state index contributed by atoms with van der Waals surface area (Å²) in [5.74, 6) is -0.143. The number of likely N-dealkylation sites (N-methyl/N-ethyl adjacent to an activating group) is 1. The van der Waals surface area contributed by atoms with Gasteiger partial charge in [0.15, 0.2) is 6.61 Å². The predicted octanol–water partition coefficient (Wildman–Crippen LogP) is 1.26. The van der Waals surface area contributed by atoms with Crippen LogP contribution < -0.4 is 10.1 Å². The first-order valence-corrected chi connectivity index (χ1v) is 8.02. The molecule has 0 aromatic heterocycles.